The highest BCUT2D eigenvalue weighted by Crippen LogP contribution is 2.26. The van der Waals surface area contributed by atoms with E-state index < -0.39 is 21.9 Å². The topological polar surface area (TPSA) is 73.2 Å². The van der Waals surface area contributed by atoms with Gasteiger partial charge in [0.1, 0.15) is 11.9 Å². The van der Waals surface area contributed by atoms with Crippen molar-refractivity contribution >= 4 is 10.0 Å². The van der Waals surface area contributed by atoms with E-state index in [0.717, 1.165) is 0 Å². The number of benzene rings is 1. The Hall–Kier alpha value is -1.49. The van der Waals surface area contributed by atoms with Crippen LogP contribution in [0.15, 0.2) is 17.0 Å². The molecule has 108 valence electrons. The van der Waals surface area contributed by atoms with E-state index in [1.165, 1.54) is 16.4 Å². The first-order valence-electron chi connectivity index (χ1n) is 6.27. The molecular formula is C13H16FN3O2S. The van der Waals surface area contributed by atoms with Crippen LogP contribution < -0.4 is 5.32 Å². The van der Waals surface area contributed by atoms with E-state index in [9.17, 15) is 12.8 Å². The monoisotopic (exact) mass is 297 g/mol. The summed E-state index contributed by atoms with van der Waals surface area (Å²) in [4.78, 5) is 0.0982. The van der Waals surface area contributed by atoms with Gasteiger partial charge in [-0.1, -0.05) is 0 Å². The number of nitriles is 1. The predicted octanol–water partition coefficient (Wildman–Crippen LogP) is 0.929. The summed E-state index contributed by atoms with van der Waals surface area (Å²) in [5.74, 6) is -0.462. The van der Waals surface area contributed by atoms with Gasteiger partial charge in [-0.05, 0) is 37.1 Å². The lowest BCUT2D eigenvalue weighted by molar-refractivity contribution is 0.311. The fourth-order valence-electron chi connectivity index (χ4n) is 2.50. The Morgan fingerprint density at radius 3 is 2.55 bits per heavy atom. The summed E-state index contributed by atoms with van der Waals surface area (Å²) in [6, 6.07) is 3.65. The number of nitrogens with one attached hydrogen (secondary N) is 1. The molecule has 1 aliphatic heterocycles. The zero-order valence-corrected chi connectivity index (χ0v) is 12.2. The fourth-order valence-corrected chi connectivity index (χ4v) is 4.46. The van der Waals surface area contributed by atoms with Gasteiger partial charge in [0.25, 0.3) is 0 Å². The van der Waals surface area contributed by atoms with Gasteiger partial charge in [-0.2, -0.15) is 9.57 Å². The number of aryl methyl sites for hydroxylation is 2. The summed E-state index contributed by atoms with van der Waals surface area (Å²) in [5, 5.41) is 12.1. The van der Waals surface area contributed by atoms with Crippen molar-refractivity contribution in [3.05, 3.63) is 29.1 Å². The van der Waals surface area contributed by atoms with E-state index in [2.05, 4.69) is 5.32 Å². The van der Waals surface area contributed by atoms with Gasteiger partial charge in [0.15, 0.2) is 0 Å². The lowest BCUT2D eigenvalue weighted by Gasteiger charge is -2.31. The highest BCUT2D eigenvalue weighted by atomic mass is 32.2. The van der Waals surface area contributed by atoms with Crippen molar-refractivity contribution in [2.45, 2.75) is 24.8 Å². The molecule has 20 heavy (non-hydrogen) atoms. The number of piperazine rings is 1. The van der Waals surface area contributed by atoms with E-state index in [0.29, 0.717) is 24.2 Å². The van der Waals surface area contributed by atoms with Crippen LogP contribution in [-0.2, 0) is 10.0 Å². The fraction of sp³-hybridized carbons (Fsp3) is 0.462. The smallest absolute Gasteiger partial charge is 0.244 e. The molecule has 2 rings (SSSR count). The van der Waals surface area contributed by atoms with Crippen molar-refractivity contribution in [3.63, 3.8) is 0 Å². The van der Waals surface area contributed by atoms with E-state index in [-0.39, 0.29) is 11.4 Å². The number of rotatable bonds is 2. The normalized spacial score (nSPS) is 20.6. The van der Waals surface area contributed by atoms with Gasteiger partial charge < -0.3 is 5.32 Å². The summed E-state index contributed by atoms with van der Waals surface area (Å²) in [5.41, 5.74) is 0.718. The summed E-state index contributed by atoms with van der Waals surface area (Å²) in [6.45, 7) is 4.15. The Kier molecular flexibility index (Phi) is 4.09. The summed E-state index contributed by atoms with van der Waals surface area (Å²) in [7, 11) is -3.80. The zero-order valence-electron chi connectivity index (χ0n) is 11.4. The molecule has 0 radical (unpaired) electrons. The highest BCUT2D eigenvalue weighted by molar-refractivity contribution is 7.89. The second-order valence-corrected chi connectivity index (χ2v) is 6.66. The SMILES string of the molecule is Cc1cc(F)cc(C)c1S(=O)(=O)N1CCNCC1C#N. The Bertz CT molecular complexity index is 644. The third-order valence-corrected chi connectivity index (χ3v) is 5.55. The molecule has 0 saturated carbocycles. The molecule has 0 amide bonds. The van der Waals surface area contributed by atoms with Gasteiger partial charge in [-0.15, -0.1) is 0 Å². The average molecular weight is 297 g/mol. The van der Waals surface area contributed by atoms with Crippen LogP contribution in [0.4, 0.5) is 4.39 Å². The first-order valence-corrected chi connectivity index (χ1v) is 7.71. The lowest BCUT2D eigenvalue weighted by atomic mass is 10.1. The number of hydrogen-bond acceptors (Lipinski definition) is 4. The third kappa shape index (κ3) is 2.54. The maximum Gasteiger partial charge on any atom is 0.244 e. The molecule has 1 fully saturated rings. The van der Waals surface area contributed by atoms with Gasteiger partial charge in [-0.25, -0.2) is 12.8 Å². The third-order valence-electron chi connectivity index (χ3n) is 3.34. The van der Waals surface area contributed by atoms with Crippen molar-refractivity contribution < 1.29 is 12.8 Å². The molecular weight excluding hydrogens is 281 g/mol. The lowest BCUT2D eigenvalue weighted by Crippen LogP contribution is -2.53. The van der Waals surface area contributed by atoms with Gasteiger partial charge in [-0.3, -0.25) is 0 Å². The van der Waals surface area contributed by atoms with Crippen molar-refractivity contribution in [1.29, 1.82) is 5.26 Å². The van der Waals surface area contributed by atoms with Crippen LogP contribution in [0, 0.1) is 31.0 Å². The van der Waals surface area contributed by atoms with E-state index in [1.807, 2.05) is 6.07 Å². The van der Waals surface area contributed by atoms with Crippen LogP contribution >= 0.6 is 0 Å². The molecule has 1 saturated heterocycles. The largest absolute Gasteiger partial charge is 0.313 e. The molecule has 1 aliphatic rings. The van der Waals surface area contributed by atoms with Gasteiger partial charge in [0.2, 0.25) is 10.0 Å². The Morgan fingerprint density at radius 2 is 2.00 bits per heavy atom. The van der Waals surface area contributed by atoms with Crippen molar-refractivity contribution in [2.75, 3.05) is 19.6 Å². The molecule has 0 aliphatic carbocycles. The molecule has 1 unspecified atom stereocenters. The quantitative estimate of drug-likeness (QED) is 0.881. The first-order chi connectivity index (χ1) is 9.37. The van der Waals surface area contributed by atoms with Crippen LogP contribution in [-0.4, -0.2) is 38.4 Å². The average Bonchev–Trinajstić information content (AvgIpc) is 2.37. The summed E-state index contributed by atoms with van der Waals surface area (Å²) < 4.78 is 40.0. The maximum atomic E-state index is 13.3. The minimum atomic E-state index is -3.80. The molecule has 0 aromatic heterocycles. The summed E-state index contributed by atoms with van der Waals surface area (Å²) in [6.07, 6.45) is 0. The first kappa shape index (κ1) is 14.9. The van der Waals surface area contributed by atoms with Gasteiger partial charge >= 0.3 is 0 Å². The minimum absolute atomic E-state index is 0.0982. The van der Waals surface area contributed by atoms with Gasteiger partial charge in [0.05, 0.1) is 11.0 Å². The van der Waals surface area contributed by atoms with Crippen LogP contribution in [0.5, 0.6) is 0 Å². The molecule has 5 nitrogen and oxygen atoms in total. The van der Waals surface area contributed by atoms with Crippen LogP contribution in [0.1, 0.15) is 11.1 Å². The summed E-state index contributed by atoms with van der Waals surface area (Å²) >= 11 is 0. The Morgan fingerprint density at radius 1 is 1.40 bits per heavy atom. The number of sulfonamides is 1. The number of nitrogens with zero attached hydrogens (tertiary/aromatic N) is 2. The second-order valence-electron chi connectivity index (χ2n) is 4.83. The molecule has 1 heterocycles. The number of halogens is 1. The molecule has 1 N–H and O–H groups in total. The standard InChI is InChI=1S/C13H16FN3O2S/c1-9-5-11(14)6-10(2)13(9)20(18,19)17-4-3-16-8-12(17)7-15/h5-6,12,16H,3-4,8H2,1-2H3. The zero-order chi connectivity index (χ0) is 14.9. The Balaban J connectivity index is 2.53. The highest BCUT2D eigenvalue weighted by Gasteiger charge is 2.35. The van der Waals surface area contributed by atoms with Crippen molar-refractivity contribution in [1.82, 2.24) is 9.62 Å². The molecule has 1 aromatic carbocycles. The van der Waals surface area contributed by atoms with E-state index in [4.69, 9.17) is 5.26 Å². The van der Waals surface area contributed by atoms with Crippen LogP contribution in [0.2, 0.25) is 0 Å². The molecule has 7 heteroatoms. The Labute approximate surface area is 118 Å². The van der Waals surface area contributed by atoms with Crippen LogP contribution in [0.3, 0.4) is 0 Å². The van der Waals surface area contributed by atoms with E-state index in [1.54, 1.807) is 13.8 Å². The van der Waals surface area contributed by atoms with Gasteiger partial charge in [0, 0.05) is 19.6 Å². The molecule has 1 atom stereocenters. The number of hydrogen-bond donors (Lipinski definition) is 1. The minimum Gasteiger partial charge on any atom is -0.313 e. The predicted molar refractivity (Wildman–Crippen MR) is 72.0 cm³/mol. The molecule has 0 bridgehead atoms. The second kappa shape index (κ2) is 5.48. The van der Waals surface area contributed by atoms with E-state index >= 15 is 0 Å². The van der Waals surface area contributed by atoms with Crippen molar-refractivity contribution in [3.8, 4) is 6.07 Å². The van der Waals surface area contributed by atoms with Crippen molar-refractivity contribution in [2.24, 2.45) is 0 Å². The molecule has 0 spiro atoms. The molecule has 1 aromatic rings. The maximum absolute atomic E-state index is 13.3. The van der Waals surface area contributed by atoms with Crippen LogP contribution in [0.25, 0.3) is 0 Å².